The van der Waals surface area contributed by atoms with Gasteiger partial charge in [-0.3, -0.25) is 4.79 Å². The number of nitrogen functional groups attached to an aromatic ring is 1. The number of amides is 1. The van der Waals surface area contributed by atoms with Gasteiger partial charge < -0.3 is 15.5 Å². The summed E-state index contributed by atoms with van der Waals surface area (Å²) in [5.74, 6) is -0.898. The Morgan fingerprint density at radius 2 is 2.10 bits per heavy atom. The van der Waals surface area contributed by atoms with Crippen LogP contribution in [-0.4, -0.2) is 10.9 Å². The van der Waals surface area contributed by atoms with Crippen LogP contribution < -0.4 is 11.1 Å². The number of hydrogen-bond donors (Lipinski definition) is 2. The third kappa shape index (κ3) is 2.31. The van der Waals surface area contributed by atoms with E-state index in [4.69, 9.17) is 10.2 Å². The Balaban J connectivity index is 1.86. The van der Waals surface area contributed by atoms with Gasteiger partial charge in [-0.1, -0.05) is 0 Å². The van der Waals surface area contributed by atoms with E-state index in [1.807, 2.05) is 0 Å². The zero-order valence-corrected chi connectivity index (χ0v) is 10.3. The summed E-state index contributed by atoms with van der Waals surface area (Å²) in [6.07, 6.45) is 1.23. The highest BCUT2D eigenvalue weighted by atomic mass is 19.1. The molecule has 0 spiro atoms. The Hall–Kier alpha value is -2.89. The van der Waals surface area contributed by atoms with Gasteiger partial charge in [-0.15, -0.1) is 0 Å². The van der Waals surface area contributed by atoms with Crippen LogP contribution in [-0.2, 0) is 0 Å². The first-order valence-corrected chi connectivity index (χ1v) is 5.84. The fourth-order valence-corrected chi connectivity index (χ4v) is 1.82. The molecule has 6 heteroatoms. The van der Waals surface area contributed by atoms with Crippen LogP contribution in [0.1, 0.15) is 10.6 Å². The molecule has 3 N–H and O–H groups in total. The van der Waals surface area contributed by atoms with Crippen molar-refractivity contribution >= 4 is 28.3 Å². The summed E-state index contributed by atoms with van der Waals surface area (Å²) in [7, 11) is 0. The van der Waals surface area contributed by atoms with Gasteiger partial charge in [0, 0.05) is 11.1 Å². The number of benzene rings is 1. The van der Waals surface area contributed by atoms with Crippen LogP contribution in [0, 0.1) is 5.95 Å². The minimum atomic E-state index is -0.609. The van der Waals surface area contributed by atoms with E-state index in [-0.39, 0.29) is 5.76 Å². The van der Waals surface area contributed by atoms with Gasteiger partial charge >= 0.3 is 0 Å². The highest BCUT2D eigenvalue weighted by Gasteiger charge is 2.12. The zero-order chi connectivity index (χ0) is 14.1. The number of anilines is 2. The summed E-state index contributed by atoms with van der Waals surface area (Å²) >= 11 is 0. The second-order valence-corrected chi connectivity index (χ2v) is 4.23. The minimum Gasteiger partial charge on any atom is -0.451 e. The standard InChI is InChI=1S/C14H10FN3O2/c15-13-4-2-10(7-17-13)18-14(19)12-6-8-5-9(16)1-3-11(8)20-12/h1-7H,16H2,(H,18,19). The Labute approximate surface area is 113 Å². The molecule has 3 aromatic rings. The average molecular weight is 271 g/mol. The van der Waals surface area contributed by atoms with Crippen LogP contribution in [0.5, 0.6) is 0 Å². The lowest BCUT2D eigenvalue weighted by Gasteiger charge is -2.01. The average Bonchev–Trinajstić information content (AvgIpc) is 2.84. The third-order valence-corrected chi connectivity index (χ3v) is 2.75. The molecule has 0 aliphatic carbocycles. The highest BCUT2D eigenvalue weighted by Crippen LogP contribution is 2.22. The second-order valence-electron chi connectivity index (χ2n) is 4.23. The molecule has 0 radical (unpaired) electrons. The van der Waals surface area contributed by atoms with Crippen LogP contribution in [0.2, 0.25) is 0 Å². The predicted octanol–water partition coefficient (Wildman–Crippen LogP) is 2.80. The molecule has 1 amide bonds. The van der Waals surface area contributed by atoms with Crippen molar-refractivity contribution in [2.24, 2.45) is 0 Å². The third-order valence-electron chi connectivity index (χ3n) is 2.75. The summed E-state index contributed by atoms with van der Waals surface area (Å²) in [4.78, 5) is 15.4. The number of nitrogens with two attached hydrogens (primary N) is 1. The molecule has 0 aliphatic rings. The molecule has 0 bridgehead atoms. The molecule has 20 heavy (non-hydrogen) atoms. The summed E-state index contributed by atoms with van der Waals surface area (Å²) in [6.45, 7) is 0. The van der Waals surface area contributed by atoms with Gasteiger partial charge in [0.15, 0.2) is 5.76 Å². The van der Waals surface area contributed by atoms with E-state index >= 15 is 0 Å². The van der Waals surface area contributed by atoms with Crippen molar-refractivity contribution in [2.45, 2.75) is 0 Å². The van der Waals surface area contributed by atoms with Crippen LogP contribution in [0.3, 0.4) is 0 Å². The normalized spacial score (nSPS) is 10.7. The Kier molecular flexibility index (Phi) is 2.83. The Bertz CT molecular complexity index is 781. The van der Waals surface area contributed by atoms with Gasteiger partial charge in [0.05, 0.1) is 11.9 Å². The molecule has 0 saturated heterocycles. The Morgan fingerprint density at radius 1 is 1.25 bits per heavy atom. The summed E-state index contributed by atoms with van der Waals surface area (Å²) in [6, 6.07) is 9.28. The largest absolute Gasteiger partial charge is 0.451 e. The number of pyridine rings is 1. The first-order chi connectivity index (χ1) is 9.61. The van der Waals surface area contributed by atoms with Gasteiger partial charge in [0.2, 0.25) is 5.95 Å². The molecule has 2 heterocycles. The molecule has 2 aromatic heterocycles. The van der Waals surface area contributed by atoms with Crippen LogP contribution in [0.15, 0.2) is 47.0 Å². The second kappa shape index (κ2) is 4.65. The van der Waals surface area contributed by atoms with E-state index in [1.165, 1.54) is 12.3 Å². The van der Waals surface area contributed by atoms with Gasteiger partial charge in [-0.2, -0.15) is 4.39 Å². The number of nitrogens with one attached hydrogen (secondary N) is 1. The fourth-order valence-electron chi connectivity index (χ4n) is 1.82. The number of aromatic nitrogens is 1. The molecule has 0 fully saturated rings. The van der Waals surface area contributed by atoms with E-state index in [2.05, 4.69) is 10.3 Å². The van der Waals surface area contributed by atoms with Crippen molar-refractivity contribution in [1.82, 2.24) is 4.98 Å². The molecule has 3 rings (SSSR count). The van der Waals surface area contributed by atoms with E-state index in [9.17, 15) is 9.18 Å². The SMILES string of the molecule is Nc1ccc2oc(C(=O)Nc3ccc(F)nc3)cc2c1. The van der Waals surface area contributed by atoms with Crippen molar-refractivity contribution in [2.75, 3.05) is 11.1 Å². The molecule has 1 aromatic carbocycles. The molecule has 5 nitrogen and oxygen atoms in total. The van der Waals surface area contributed by atoms with Crippen molar-refractivity contribution in [3.8, 4) is 0 Å². The minimum absolute atomic E-state index is 0.148. The van der Waals surface area contributed by atoms with Crippen LogP contribution >= 0.6 is 0 Å². The number of furan rings is 1. The topological polar surface area (TPSA) is 81.1 Å². The molecule has 0 unspecified atom stereocenters. The van der Waals surface area contributed by atoms with Gasteiger partial charge in [-0.25, -0.2) is 4.98 Å². The number of carbonyl (C=O) groups excluding carboxylic acids is 1. The van der Waals surface area contributed by atoms with Crippen LogP contribution in [0.4, 0.5) is 15.8 Å². The molecule has 100 valence electrons. The molecular formula is C14H10FN3O2. The monoisotopic (exact) mass is 271 g/mol. The van der Waals surface area contributed by atoms with E-state index in [0.717, 1.165) is 11.5 Å². The van der Waals surface area contributed by atoms with E-state index in [0.29, 0.717) is 17.0 Å². The number of fused-ring (bicyclic) bond motifs is 1. The van der Waals surface area contributed by atoms with Crippen molar-refractivity contribution in [3.05, 3.63) is 54.3 Å². The maximum absolute atomic E-state index is 12.7. The summed E-state index contributed by atoms with van der Waals surface area (Å²) in [5, 5.41) is 3.31. The summed E-state index contributed by atoms with van der Waals surface area (Å²) in [5.41, 5.74) is 7.21. The lowest BCUT2D eigenvalue weighted by atomic mass is 10.2. The maximum Gasteiger partial charge on any atom is 0.291 e. The lowest BCUT2D eigenvalue weighted by molar-refractivity contribution is 0.0998. The highest BCUT2D eigenvalue weighted by molar-refractivity contribution is 6.04. The number of nitrogens with zero attached hydrogens (tertiary/aromatic N) is 1. The molecular weight excluding hydrogens is 261 g/mol. The molecule has 0 aliphatic heterocycles. The Morgan fingerprint density at radius 3 is 2.85 bits per heavy atom. The van der Waals surface area contributed by atoms with Crippen molar-refractivity contribution < 1.29 is 13.6 Å². The fraction of sp³-hybridized carbons (Fsp3) is 0. The van der Waals surface area contributed by atoms with Gasteiger partial charge in [0.25, 0.3) is 5.91 Å². The first-order valence-electron chi connectivity index (χ1n) is 5.84. The first kappa shape index (κ1) is 12.2. The number of hydrogen-bond acceptors (Lipinski definition) is 4. The maximum atomic E-state index is 12.7. The quantitative estimate of drug-likeness (QED) is 0.554. The smallest absolute Gasteiger partial charge is 0.291 e. The molecule has 0 saturated carbocycles. The summed E-state index contributed by atoms with van der Waals surface area (Å²) < 4.78 is 18.1. The number of carbonyl (C=O) groups is 1. The van der Waals surface area contributed by atoms with Crippen molar-refractivity contribution in [1.29, 1.82) is 0 Å². The van der Waals surface area contributed by atoms with Gasteiger partial charge in [0.1, 0.15) is 5.58 Å². The van der Waals surface area contributed by atoms with E-state index in [1.54, 1.807) is 24.3 Å². The van der Waals surface area contributed by atoms with Gasteiger partial charge in [-0.05, 0) is 36.4 Å². The zero-order valence-electron chi connectivity index (χ0n) is 10.3. The van der Waals surface area contributed by atoms with Crippen LogP contribution in [0.25, 0.3) is 11.0 Å². The number of halogens is 1. The molecule has 0 atom stereocenters. The predicted molar refractivity (Wildman–Crippen MR) is 72.8 cm³/mol. The van der Waals surface area contributed by atoms with Crippen molar-refractivity contribution in [3.63, 3.8) is 0 Å². The lowest BCUT2D eigenvalue weighted by Crippen LogP contribution is -2.11. The van der Waals surface area contributed by atoms with E-state index < -0.39 is 11.9 Å². The number of rotatable bonds is 2.